The van der Waals surface area contributed by atoms with Gasteiger partial charge in [-0.2, -0.15) is 0 Å². The summed E-state index contributed by atoms with van der Waals surface area (Å²) in [5.74, 6) is 0.647. The fourth-order valence-corrected chi connectivity index (χ4v) is 2.58. The molecule has 1 aliphatic rings. The summed E-state index contributed by atoms with van der Waals surface area (Å²) < 4.78 is 5.33. The van der Waals surface area contributed by atoms with Crippen LogP contribution in [0.5, 0.6) is 0 Å². The van der Waals surface area contributed by atoms with Crippen molar-refractivity contribution in [1.82, 2.24) is 4.98 Å². The highest BCUT2D eigenvalue weighted by Crippen LogP contribution is 2.33. The van der Waals surface area contributed by atoms with Crippen LogP contribution in [0, 0.1) is 0 Å². The van der Waals surface area contributed by atoms with Crippen molar-refractivity contribution in [2.24, 2.45) is 5.73 Å². The first kappa shape index (κ1) is 9.85. The number of hydrogen-bond acceptors (Lipinski definition) is 3. The largest absolute Gasteiger partial charge is 0.443 e. The van der Waals surface area contributed by atoms with Gasteiger partial charge in [-0.15, -0.1) is 0 Å². The second-order valence-electron chi connectivity index (χ2n) is 4.69. The molecular formula is C13H16N2O. The molecule has 1 fully saturated rings. The molecule has 2 aromatic rings. The third kappa shape index (κ3) is 1.71. The first-order valence-corrected chi connectivity index (χ1v) is 5.91. The van der Waals surface area contributed by atoms with E-state index in [1.54, 1.807) is 0 Å². The van der Waals surface area contributed by atoms with Gasteiger partial charge in [-0.3, -0.25) is 0 Å². The molecule has 3 nitrogen and oxygen atoms in total. The van der Waals surface area contributed by atoms with Crippen LogP contribution in [0.2, 0.25) is 0 Å². The summed E-state index contributed by atoms with van der Waals surface area (Å²) in [4.78, 5) is 4.13. The van der Waals surface area contributed by atoms with Crippen molar-refractivity contribution >= 4 is 11.1 Å². The number of aromatic nitrogens is 1. The van der Waals surface area contributed by atoms with E-state index in [9.17, 15) is 0 Å². The van der Waals surface area contributed by atoms with Crippen LogP contribution in [0.25, 0.3) is 11.1 Å². The second-order valence-corrected chi connectivity index (χ2v) is 4.69. The molecule has 1 heterocycles. The summed E-state index contributed by atoms with van der Waals surface area (Å²) in [6.07, 6.45) is 6.17. The van der Waals surface area contributed by atoms with Crippen LogP contribution in [0.1, 0.15) is 37.2 Å². The molecule has 0 saturated heterocycles. The molecule has 1 aliphatic carbocycles. The lowest BCUT2D eigenvalue weighted by molar-refractivity contribution is 0.395. The summed E-state index contributed by atoms with van der Waals surface area (Å²) in [7, 11) is 0. The fraction of sp³-hybridized carbons (Fsp3) is 0.462. The summed E-state index contributed by atoms with van der Waals surface area (Å²) in [6.45, 7) is 0. The summed E-state index contributed by atoms with van der Waals surface area (Å²) >= 11 is 0. The van der Waals surface area contributed by atoms with Crippen molar-refractivity contribution in [2.45, 2.75) is 37.6 Å². The molecule has 84 valence electrons. The van der Waals surface area contributed by atoms with E-state index in [4.69, 9.17) is 10.2 Å². The number of nitrogens with zero attached hydrogens (tertiary/aromatic N) is 1. The molecule has 2 N–H and O–H groups in total. The van der Waals surface area contributed by atoms with Gasteiger partial charge < -0.3 is 10.2 Å². The summed E-state index contributed by atoms with van der Waals surface area (Å²) in [5, 5.41) is 0. The van der Waals surface area contributed by atoms with Gasteiger partial charge in [0.1, 0.15) is 5.52 Å². The molecule has 3 rings (SSSR count). The SMILES string of the molecule is NC1CCC(c2ccc3ncoc3c2)CC1. The Morgan fingerprint density at radius 2 is 2.00 bits per heavy atom. The minimum Gasteiger partial charge on any atom is -0.443 e. The van der Waals surface area contributed by atoms with E-state index in [-0.39, 0.29) is 0 Å². The maximum absolute atomic E-state index is 5.92. The Morgan fingerprint density at radius 3 is 2.81 bits per heavy atom. The van der Waals surface area contributed by atoms with Crippen LogP contribution in [-0.4, -0.2) is 11.0 Å². The first-order valence-electron chi connectivity index (χ1n) is 5.91. The Morgan fingerprint density at radius 1 is 1.19 bits per heavy atom. The molecule has 3 heteroatoms. The maximum atomic E-state index is 5.92. The number of benzene rings is 1. The number of fused-ring (bicyclic) bond motifs is 1. The van der Waals surface area contributed by atoms with Crippen LogP contribution >= 0.6 is 0 Å². The Hall–Kier alpha value is -1.35. The number of hydrogen-bond donors (Lipinski definition) is 1. The predicted octanol–water partition coefficient (Wildman–Crippen LogP) is 2.81. The van der Waals surface area contributed by atoms with Gasteiger partial charge >= 0.3 is 0 Å². The first-order chi connectivity index (χ1) is 7.83. The number of nitrogens with two attached hydrogens (primary N) is 1. The summed E-state index contributed by atoms with van der Waals surface area (Å²) in [6, 6.07) is 6.75. The molecule has 1 aromatic carbocycles. The van der Waals surface area contributed by atoms with Gasteiger partial charge in [0.2, 0.25) is 0 Å². The van der Waals surface area contributed by atoms with Gasteiger partial charge in [0.05, 0.1) is 0 Å². The Bertz CT molecular complexity index is 483. The Labute approximate surface area is 94.7 Å². The fourth-order valence-electron chi connectivity index (χ4n) is 2.58. The molecule has 0 atom stereocenters. The smallest absolute Gasteiger partial charge is 0.181 e. The van der Waals surface area contributed by atoms with Gasteiger partial charge in [-0.1, -0.05) is 6.07 Å². The lowest BCUT2D eigenvalue weighted by Gasteiger charge is -2.26. The quantitative estimate of drug-likeness (QED) is 0.797. The molecule has 0 unspecified atom stereocenters. The molecule has 1 aromatic heterocycles. The van der Waals surface area contributed by atoms with Gasteiger partial charge in [0.15, 0.2) is 12.0 Å². The lowest BCUT2D eigenvalue weighted by Crippen LogP contribution is -2.25. The molecule has 0 aliphatic heterocycles. The van der Waals surface area contributed by atoms with Gasteiger partial charge in [-0.25, -0.2) is 4.98 Å². The van der Waals surface area contributed by atoms with Gasteiger partial charge in [-0.05, 0) is 49.3 Å². The lowest BCUT2D eigenvalue weighted by atomic mass is 9.82. The van der Waals surface area contributed by atoms with Crippen molar-refractivity contribution in [3.8, 4) is 0 Å². The van der Waals surface area contributed by atoms with E-state index in [2.05, 4.69) is 17.1 Å². The maximum Gasteiger partial charge on any atom is 0.181 e. The predicted molar refractivity (Wildman–Crippen MR) is 63.2 cm³/mol. The molecular weight excluding hydrogens is 200 g/mol. The summed E-state index contributed by atoms with van der Waals surface area (Å²) in [5.41, 5.74) is 9.13. The van der Waals surface area contributed by atoms with Gasteiger partial charge in [0, 0.05) is 6.04 Å². The van der Waals surface area contributed by atoms with Crippen LogP contribution in [-0.2, 0) is 0 Å². The highest BCUT2D eigenvalue weighted by molar-refractivity contribution is 5.72. The van der Waals surface area contributed by atoms with E-state index in [1.165, 1.54) is 24.8 Å². The Kier molecular flexibility index (Phi) is 2.40. The second kappa shape index (κ2) is 3.91. The Balaban J connectivity index is 1.87. The van der Waals surface area contributed by atoms with Crippen LogP contribution < -0.4 is 5.73 Å². The van der Waals surface area contributed by atoms with E-state index in [0.29, 0.717) is 12.0 Å². The third-order valence-electron chi connectivity index (χ3n) is 3.60. The van der Waals surface area contributed by atoms with Crippen LogP contribution in [0.15, 0.2) is 29.0 Å². The monoisotopic (exact) mass is 216 g/mol. The number of rotatable bonds is 1. The molecule has 0 spiro atoms. The van der Waals surface area contributed by atoms with Crippen molar-refractivity contribution in [2.75, 3.05) is 0 Å². The zero-order chi connectivity index (χ0) is 11.0. The topological polar surface area (TPSA) is 52.0 Å². The average Bonchev–Trinajstić information content (AvgIpc) is 2.77. The van der Waals surface area contributed by atoms with Crippen LogP contribution in [0.4, 0.5) is 0 Å². The average molecular weight is 216 g/mol. The number of oxazole rings is 1. The van der Waals surface area contributed by atoms with Crippen molar-refractivity contribution in [1.29, 1.82) is 0 Å². The van der Waals surface area contributed by atoms with Crippen molar-refractivity contribution in [3.05, 3.63) is 30.2 Å². The zero-order valence-corrected chi connectivity index (χ0v) is 9.23. The highest BCUT2D eigenvalue weighted by atomic mass is 16.3. The zero-order valence-electron chi connectivity index (χ0n) is 9.23. The molecule has 16 heavy (non-hydrogen) atoms. The van der Waals surface area contributed by atoms with Crippen LogP contribution in [0.3, 0.4) is 0 Å². The van der Waals surface area contributed by atoms with Crippen molar-refractivity contribution in [3.63, 3.8) is 0 Å². The highest BCUT2D eigenvalue weighted by Gasteiger charge is 2.20. The molecule has 1 saturated carbocycles. The normalized spacial score (nSPS) is 26.1. The standard InChI is InChI=1S/C13H16N2O/c14-11-4-1-9(2-5-11)10-3-6-12-13(7-10)16-8-15-12/h3,6-9,11H,1-2,4-5,14H2. The molecule has 0 radical (unpaired) electrons. The van der Waals surface area contributed by atoms with Crippen molar-refractivity contribution < 1.29 is 4.42 Å². The van der Waals surface area contributed by atoms with E-state index in [1.807, 2.05) is 6.07 Å². The van der Waals surface area contributed by atoms with E-state index in [0.717, 1.165) is 23.9 Å². The minimum absolute atomic E-state index is 0.408. The molecule has 0 amide bonds. The molecule has 0 bridgehead atoms. The van der Waals surface area contributed by atoms with E-state index >= 15 is 0 Å². The minimum atomic E-state index is 0.408. The third-order valence-corrected chi connectivity index (χ3v) is 3.60. The van der Waals surface area contributed by atoms with Gasteiger partial charge in [0.25, 0.3) is 0 Å². The van der Waals surface area contributed by atoms with E-state index < -0.39 is 0 Å².